The van der Waals surface area contributed by atoms with E-state index in [9.17, 15) is 13.2 Å². The van der Waals surface area contributed by atoms with Crippen molar-refractivity contribution < 1.29 is 18.3 Å². The molecule has 0 aliphatic heterocycles. The molecule has 19 heavy (non-hydrogen) atoms. The van der Waals surface area contributed by atoms with Gasteiger partial charge in [-0.15, -0.1) is 0 Å². The van der Waals surface area contributed by atoms with Crippen LogP contribution in [-0.4, -0.2) is 26.0 Å². The zero-order valence-electron chi connectivity index (χ0n) is 9.76. The molecule has 2 N–H and O–H groups in total. The number of sulfonamides is 1. The SMILES string of the molecule is N#Cc1ccc(Br)cc1S(=O)(=O)NCCCC(=O)O. The van der Waals surface area contributed by atoms with Crippen molar-refractivity contribution in [2.24, 2.45) is 0 Å². The van der Waals surface area contributed by atoms with Crippen LogP contribution in [0.4, 0.5) is 0 Å². The Labute approximate surface area is 119 Å². The van der Waals surface area contributed by atoms with Crippen LogP contribution < -0.4 is 4.72 Å². The van der Waals surface area contributed by atoms with Crippen molar-refractivity contribution in [2.45, 2.75) is 17.7 Å². The van der Waals surface area contributed by atoms with Crippen LogP contribution in [0.2, 0.25) is 0 Å². The summed E-state index contributed by atoms with van der Waals surface area (Å²) in [4.78, 5) is 10.2. The Balaban J connectivity index is 2.86. The van der Waals surface area contributed by atoms with Crippen molar-refractivity contribution >= 4 is 31.9 Å². The molecule has 6 nitrogen and oxygen atoms in total. The fourth-order valence-electron chi connectivity index (χ4n) is 1.33. The first-order valence-corrected chi connectivity index (χ1v) is 7.55. The molecule has 0 saturated heterocycles. The summed E-state index contributed by atoms with van der Waals surface area (Å²) in [5.41, 5.74) is 0.0361. The molecule has 0 radical (unpaired) electrons. The fraction of sp³-hybridized carbons (Fsp3) is 0.273. The van der Waals surface area contributed by atoms with Gasteiger partial charge in [0, 0.05) is 17.4 Å². The molecule has 8 heteroatoms. The second kappa shape index (κ2) is 6.65. The molecular formula is C11H11BrN2O4S. The third-order valence-electron chi connectivity index (χ3n) is 2.21. The Morgan fingerprint density at radius 3 is 2.74 bits per heavy atom. The highest BCUT2D eigenvalue weighted by Crippen LogP contribution is 2.20. The van der Waals surface area contributed by atoms with Gasteiger partial charge in [0.2, 0.25) is 10.0 Å². The Bertz CT molecular complexity index is 622. The third-order valence-corrected chi connectivity index (χ3v) is 4.21. The van der Waals surface area contributed by atoms with Crippen molar-refractivity contribution in [2.75, 3.05) is 6.54 Å². The molecule has 0 bridgehead atoms. The van der Waals surface area contributed by atoms with Crippen molar-refractivity contribution in [1.82, 2.24) is 4.72 Å². The van der Waals surface area contributed by atoms with Crippen molar-refractivity contribution in [3.05, 3.63) is 28.2 Å². The Hall–Kier alpha value is -1.43. The van der Waals surface area contributed by atoms with Gasteiger partial charge >= 0.3 is 5.97 Å². The molecule has 0 aliphatic carbocycles. The van der Waals surface area contributed by atoms with Gasteiger partial charge in [-0.2, -0.15) is 5.26 Å². The zero-order valence-corrected chi connectivity index (χ0v) is 12.2. The molecule has 1 rings (SSSR count). The minimum absolute atomic E-state index is 0.00597. The highest BCUT2D eigenvalue weighted by molar-refractivity contribution is 9.10. The number of hydrogen-bond acceptors (Lipinski definition) is 4. The Kier molecular flexibility index (Phi) is 5.47. The molecule has 102 valence electrons. The zero-order chi connectivity index (χ0) is 14.5. The maximum Gasteiger partial charge on any atom is 0.303 e. The molecule has 0 atom stereocenters. The van der Waals surface area contributed by atoms with E-state index < -0.39 is 16.0 Å². The van der Waals surface area contributed by atoms with Gasteiger partial charge in [-0.25, -0.2) is 13.1 Å². The highest BCUT2D eigenvalue weighted by atomic mass is 79.9. The van der Waals surface area contributed by atoms with Crippen molar-refractivity contribution in [3.8, 4) is 6.07 Å². The van der Waals surface area contributed by atoms with Gasteiger partial charge in [0.25, 0.3) is 0 Å². The number of carboxylic acid groups (broad SMARTS) is 1. The first kappa shape index (κ1) is 15.6. The molecule has 0 unspecified atom stereocenters. The number of nitriles is 1. The summed E-state index contributed by atoms with van der Waals surface area (Å²) in [5, 5.41) is 17.3. The molecule has 0 amide bonds. The molecule has 0 heterocycles. The molecule has 1 aromatic carbocycles. The monoisotopic (exact) mass is 346 g/mol. The van der Waals surface area contributed by atoms with Crippen LogP contribution in [0.25, 0.3) is 0 Å². The number of hydrogen-bond donors (Lipinski definition) is 2. The van der Waals surface area contributed by atoms with Crippen LogP contribution in [0.15, 0.2) is 27.6 Å². The van der Waals surface area contributed by atoms with Crippen LogP contribution in [0.3, 0.4) is 0 Å². The second-order valence-electron chi connectivity index (χ2n) is 3.65. The maximum absolute atomic E-state index is 12.0. The van der Waals surface area contributed by atoms with Gasteiger partial charge in [-0.3, -0.25) is 4.79 Å². The number of nitrogens with one attached hydrogen (secondary N) is 1. The fourth-order valence-corrected chi connectivity index (χ4v) is 3.10. The summed E-state index contributed by atoms with van der Waals surface area (Å²) in [7, 11) is -3.82. The van der Waals surface area contributed by atoms with E-state index in [0.717, 1.165) is 0 Å². The van der Waals surface area contributed by atoms with E-state index in [4.69, 9.17) is 10.4 Å². The predicted octanol–water partition coefficient (Wildman–Crippen LogP) is 1.46. The number of nitrogens with zero attached hydrogens (tertiary/aromatic N) is 1. The lowest BCUT2D eigenvalue weighted by atomic mass is 10.2. The molecule has 0 spiro atoms. The summed E-state index contributed by atoms with van der Waals surface area (Å²) >= 11 is 3.14. The summed E-state index contributed by atoms with van der Waals surface area (Å²) in [6.07, 6.45) is 0.0660. The quantitative estimate of drug-likeness (QED) is 0.758. The maximum atomic E-state index is 12.0. The summed E-state index contributed by atoms with van der Waals surface area (Å²) in [6, 6.07) is 6.10. The van der Waals surface area contributed by atoms with Gasteiger partial charge in [-0.1, -0.05) is 15.9 Å². The van der Waals surface area contributed by atoms with Gasteiger partial charge in [-0.05, 0) is 24.6 Å². The summed E-state index contributed by atoms with van der Waals surface area (Å²) in [6.45, 7) is 0.00597. The van der Waals surface area contributed by atoms with Gasteiger partial charge in [0.15, 0.2) is 0 Å². The van der Waals surface area contributed by atoms with E-state index in [1.807, 2.05) is 0 Å². The Morgan fingerprint density at radius 1 is 1.47 bits per heavy atom. The van der Waals surface area contributed by atoms with Crippen molar-refractivity contribution in [1.29, 1.82) is 5.26 Å². The Morgan fingerprint density at radius 2 is 2.16 bits per heavy atom. The number of aliphatic carboxylic acids is 1. The topological polar surface area (TPSA) is 107 Å². The first-order chi connectivity index (χ1) is 8.86. The number of halogens is 1. The minimum Gasteiger partial charge on any atom is -0.481 e. The first-order valence-electron chi connectivity index (χ1n) is 5.28. The van der Waals surface area contributed by atoms with Crippen LogP contribution in [0.1, 0.15) is 18.4 Å². The molecule has 1 aromatic rings. The lowest BCUT2D eigenvalue weighted by Gasteiger charge is -2.08. The number of benzene rings is 1. The van der Waals surface area contributed by atoms with Crippen molar-refractivity contribution in [3.63, 3.8) is 0 Å². The van der Waals surface area contributed by atoms with E-state index in [0.29, 0.717) is 4.47 Å². The standard InChI is InChI=1S/C11H11BrN2O4S/c12-9-4-3-8(7-13)10(6-9)19(17,18)14-5-1-2-11(15)16/h3-4,6,14H,1-2,5H2,(H,15,16). The average molecular weight is 347 g/mol. The largest absolute Gasteiger partial charge is 0.481 e. The predicted molar refractivity (Wildman–Crippen MR) is 70.9 cm³/mol. The van der Waals surface area contributed by atoms with E-state index >= 15 is 0 Å². The van der Waals surface area contributed by atoms with E-state index in [2.05, 4.69) is 20.7 Å². The molecule has 0 aliphatic rings. The van der Waals surface area contributed by atoms with Gasteiger partial charge in [0.05, 0.1) is 5.56 Å². The van der Waals surface area contributed by atoms with Gasteiger partial charge in [0.1, 0.15) is 11.0 Å². The van der Waals surface area contributed by atoms with Crippen LogP contribution in [-0.2, 0) is 14.8 Å². The third kappa shape index (κ3) is 4.63. The molecule has 0 aromatic heterocycles. The number of rotatable bonds is 6. The molecular weight excluding hydrogens is 336 g/mol. The molecule has 0 fully saturated rings. The normalized spacial score (nSPS) is 10.9. The van der Waals surface area contributed by atoms with Gasteiger partial charge < -0.3 is 5.11 Å². The summed E-state index contributed by atoms with van der Waals surface area (Å²) in [5.74, 6) is -0.987. The van der Waals surface area contributed by atoms with E-state index in [1.165, 1.54) is 12.1 Å². The molecule has 0 saturated carbocycles. The average Bonchev–Trinajstić information content (AvgIpc) is 2.34. The summed E-state index contributed by atoms with van der Waals surface area (Å²) < 4.78 is 26.8. The lowest BCUT2D eigenvalue weighted by Crippen LogP contribution is -2.26. The van der Waals surface area contributed by atoms with Crippen LogP contribution in [0.5, 0.6) is 0 Å². The highest BCUT2D eigenvalue weighted by Gasteiger charge is 2.18. The minimum atomic E-state index is -3.82. The number of carbonyl (C=O) groups is 1. The van der Waals surface area contributed by atoms with Crippen LogP contribution in [0, 0.1) is 11.3 Å². The lowest BCUT2D eigenvalue weighted by molar-refractivity contribution is -0.137. The van der Waals surface area contributed by atoms with E-state index in [-0.39, 0.29) is 29.8 Å². The van der Waals surface area contributed by atoms with E-state index in [1.54, 1.807) is 12.1 Å². The smallest absolute Gasteiger partial charge is 0.303 e. The van der Waals surface area contributed by atoms with Crippen LogP contribution >= 0.6 is 15.9 Å². The second-order valence-corrected chi connectivity index (χ2v) is 6.30. The number of carboxylic acids is 1.